The van der Waals surface area contributed by atoms with E-state index >= 15 is 0 Å². The van der Waals surface area contributed by atoms with Crippen LogP contribution < -0.4 is 5.32 Å². The quantitative estimate of drug-likeness (QED) is 0.641. The van der Waals surface area contributed by atoms with E-state index in [1.807, 2.05) is 0 Å². The van der Waals surface area contributed by atoms with Crippen LogP contribution >= 0.6 is 0 Å². The Bertz CT molecular complexity index is 437. The topological polar surface area (TPSA) is 85.6 Å². The van der Waals surface area contributed by atoms with Gasteiger partial charge >= 0.3 is 0 Å². The summed E-state index contributed by atoms with van der Waals surface area (Å²) >= 11 is 0. The molecule has 3 rings (SSSR count). The van der Waals surface area contributed by atoms with Gasteiger partial charge in [-0.1, -0.05) is 0 Å². The Morgan fingerprint density at radius 1 is 1.37 bits per heavy atom. The molecule has 1 saturated carbocycles. The standard InChI is InChI=1S/C14H20N2O3/c17-9-1-2-12(16-7-9)14(19)5-13-11-4-10(18)3-8(11)6-15-13/h1-2,7-8,10-11,13-15,17-19H,3-6H2/t8?,10?,11?,13?,14-/m1/s1. The number of aliphatic hydroxyl groups is 2. The second kappa shape index (κ2) is 5.07. The summed E-state index contributed by atoms with van der Waals surface area (Å²) in [5, 5.41) is 32.5. The van der Waals surface area contributed by atoms with Gasteiger partial charge in [-0.05, 0) is 49.8 Å². The van der Waals surface area contributed by atoms with E-state index in [0.29, 0.717) is 24.0 Å². The second-order valence-corrected chi connectivity index (χ2v) is 5.76. The number of rotatable bonds is 3. The maximum absolute atomic E-state index is 10.2. The lowest BCUT2D eigenvalue weighted by Gasteiger charge is -2.21. The van der Waals surface area contributed by atoms with E-state index in [-0.39, 0.29) is 17.9 Å². The molecular weight excluding hydrogens is 244 g/mol. The minimum absolute atomic E-state index is 0.105. The molecule has 4 unspecified atom stereocenters. The number of pyridine rings is 1. The summed E-state index contributed by atoms with van der Waals surface area (Å²) < 4.78 is 0. The van der Waals surface area contributed by atoms with Crippen LogP contribution in [0.4, 0.5) is 0 Å². The number of aliphatic hydroxyl groups excluding tert-OH is 2. The number of aromatic hydroxyl groups is 1. The lowest BCUT2D eigenvalue weighted by atomic mass is 9.90. The van der Waals surface area contributed by atoms with Crippen LogP contribution in [0.3, 0.4) is 0 Å². The first-order chi connectivity index (χ1) is 9.13. The highest BCUT2D eigenvalue weighted by Gasteiger charge is 2.43. The molecule has 5 atom stereocenters. The molecule has 0 aromatic carbocycles. The third-order valence-corrected chi connectivity index (χ3v) is 4.47. The number of hydrogen-bond acceptors (Lipinski definition) is 5. The van der Waals surface area contributed by atoms with Crippen molar-refractivity contribution in [3.8, 4) is 5.75 Å². The van der Waals surface area contributed by atoms with Gasteiger partial charge in [-0.15, -0.1) is 0 Å². The van der Waals surface area contributed by atoms with Crippen LogP contribution in [-0.4, -0.2) is 39.0 Å². The SMILES string of the molecule is Oc1ccc([C@H](O)CC2NCC3CC(O)CC32)nc1. The zero-order valence-electron chi connectivity index (χ0n) is 10.7. The van der Waals surface area contributed by atoms with Crippen LogP contribution in [0.5, 0.6) is 5.75 Å². The summed E-state index contributed by atoms with van der Waals surface area (Å²) in [6.45, 7) is 0.933. The smallest absolute Gasteiger partial charge is 0.133 e. The summed E-state index contributed by atoms with van der Waals surface area (Å²) in [5.74, 6) is 1.11. The van der Waals surface area contributed by atoms with Gasteiger partial charge in [0, 0.05) is 6.04 Å². The van der Waals surface area contributed by atoms with Crippen molar-refractivity contribution in [2.45, 2.75) is 37.5 Å². The summed E-state index contributed by atoms with van der Waals surface area (Å²) in [6, 6.07) is 3.43. The molecule has 2 heterocycles. The lowest BCUT2D eigenvalue weighted by molar-refractivity contribution is 0.133. The second-order valence-electron chi connectivity index (χ2n) is 5.76. The van der Waals surface area contributed by atoms with Gasteiger partial charge in [0.25, 0.3) is 0 Å². The molecule has 0 amide bonds. The molecule has 4 N–H and O–H groups in total. The fourth-order valence-corrected chi connectivity index (χ4v) is 3.52. The van der Waals surface area contributed by atoms with Gasteiger partial charge in [0.2, 0.25) is 0 Å². The van der Waals surface area contributed by atoms with Gasteiger partial charge in [0.05, 0.1) is 24.1 Å². The number of nitrogens with one attached hydrogen (secondary N) is 1. The van der Waals surface area contributed by atoms with Crippen LogP contribution in [-0.2, 0) is 0 Å². The molecule has 1 aromatic heterocycles. The Balaban J connectivity index is 1.63. The highest BCUT2D eigenvalue weighted by molar-refractivity contribution is 5.19. The molecule has 5 nitrogen and oxygen atoms in total. The van der Waals surface area contributed by atoms with E-state index < -0.39 is 6.10 Å². The molecule has 0 radical (unpaired) electrons. The van der Waals surface area contributed by atoms with Crippen molar-refractivity contribution in [2.24, 2.45) is 11.8 Å². The van der Waals surface area contributed by atoms with Crippen molar-refractivity contribution in [1.29, 1.82) is 0 Å². The van der Waals surface area contributed by atoms with Gasteiger partial charge in [-0.2, -0.15) is 0 Å². The average molecular weight is 264 g/mol. The largest absolute Gasteiger partial charge is 0.506 e. The third kappa shape index (κ3) is 2.59. The summed E-state index contributed by atoms with van der Waals surface area (Å²) in [7, 11) is 0. The van der Waals surface area contributed by atoms with E-state index in [1.54, 1.807) is 6.07 Å². The highest BCUT2D eigenvalue weighted by atomic mass is 16.3. The van der Waals surface area contributed by atoms with E-state index in [2.05, 4.69) is 10.3 Å². The molecule has 0 spiro atoms. The first-order valence-electron chi connectivity index (χ1n) is 6.88. The highest BCUT2D eigenvalue weighted by Crippen LogP contribution is 2.40. The molecule has 2 aliphatic rings. The van der Waals surface area contributed by atoms with Crippen LogP contribution in [0.25, 0.3) is 0 Å². The molecule has 1 aromatic rings. The zero-order valence-corrected chi connectivity index (χ0v) is 10.7. The van der Waals surface area contributed by atoms with Gasteiger partial charge < -0.3 is 20.6 Å². The Morgan fingerprint density at radius 2 is 2.21 bits per heavy atom. The molecule has 1 saturated heterocycles. The Labute approximate surface area is 112 Å². The zero-order chi connectivity index (χ0) is 13.4. The third-order valence-electron chi connectivity index (χ3n) is 4.47. The van der Waals surface area contributed by atoms with Crippen molar-refractivity contribution < 1.29 is 15.3 Å². The van der Waals surface area contributed by atoms with E-state index in [9.17, 15) is 15.3 Å². The van der Waals surface area contributed by atoms with Crippen LogP contribution in [0.1, 0.15) is 31.1 Å². The molecule has 2 fully saturated rings. The van der Waals surface area contributed by atoms with Crippen LogP contribution in [0.15, 0.2) is 18.3 Å². The van der Waals surface area contributed by atoms with Gasteiger partial charge in [0.15, 0.2) is 0 Å². The van der Waals surface area contributed by atoms with Gasteiger partial charge in [-0.3, -0.25) is 4.98 Å². The molecule has 5 heteroatoms. The van der Waals surface area contributed by atoms with E-state index in [0.717, 1.165) is 19.4 Å². The predicted octanol–water partition coefficient (Wildman–Crippen LogP) is 0.570. The molecule has 19 heavy (non-hydrogen) atoms. The van der Waals surface area contributed by atoms with E-state index in [1.165, 1.54) is 12.3 Å². The molecule has 1 aliphatic heterocycles. The van der Waals surface area contributed by atoms with Gasteiger partial charge in [0.1, 0.15) is 5.75 Å². The van der Waals surface area contributed by atoms with Crippen molar-refractivity contribution in [3.63, 3.8) is 0 Å². The van der Waals surface area contributed by atoms with Gasteiger partial charge in [-0.25, -0.2) is 0 Å². The molecule has 0 bridgehead atoms. The average Bonchev–Trinajstić information content (AvgIpc) is 2.91. The number of fused-ring (bicyclic) bond motifs is 1. The Kier molecular flexibility index (Phi) is 3.43. The van der Waals surface area contributed by atoms with E-state index in [4.69, 9.17) is 0 Å². The number of aromatic nitrogens is 1. The fraction of sp³-hybridized carbons (Fsp3) is 0.643. The van der Waals surface area contributed by atoms with Crippen molar-refractivity contribution >= 4 is 0 Å². The number of hydrogen-bond donors (Lipinski definition) is 4. The summed E-state index contributed by atoms with van der Waals surface area (Å²) in [4.78, 5) is 4.04. The monoisotopic (exact) mass is 264 g/mol. The first-order valence-corrected chi connectivity index (χ1v) is 6.88. The first kappa shape index (κ1) is 12.8. The van der Waals surface area contributed by atoms with Crippen LogP contribution in [0.2, 0.25) is 0 Å². The van der Waals surface area contributed by atoms with Crippen LogP contribution in [0, 0.1) is 11.8 Å². The molecule has 104 valence electrons. The Hall–Kier alpha value is -1.17. The normalized spacial score (nSPS) is 35.3. The molecular formula is C14H20N2O3. The minimum Gasteiger partial charge on any atom is -0.506 e. The minimum atomic E-state index is -0.630. The maximum atomic E-state index is 10.2. The summed E-state index contributed by atoms with van der Waals surface area (Å²) in [5.41, 5.74) is 0.585. The van der Waals surface area contributed by atoms with Crippen molar-refractivity contribution in [2.75, 3.05) is 6.54 Å². The molecule has 1 aliphatic carbocycles. The Morgan fingerprint density at radius 3 is 2.95 bits per heavy atom. The fourth-order valence-electron chi connectivity index (χ4n) is 3.52. The number of nitrogens with zero attached hydrogens (tertiary/aromatic N) is 1. The van der Waals surface area contributed by atoms with Crippen molar-refractivity contribution in [1.82, 2.24) is 10.3 Å². The predicted molar refractivity (Wildman–Crippen MR) is 69.5 cm³/mol. The lowest BCUT2D eigenvalue weighted by Crippen LogP contribution is -2.30. The maximum Gasteiger partial charge on any atom is 0.133 e. The summed E-state index contributed by atoms with van der Waals surface area (Å²) in [6.07, 6.45) is 2.85. The van der Waals surface area contributed by atoms with Crippen molar-refractivity contribution in [3.05, 3.63) is 24.0 Å².